The van der Waals surface area contributed by atoms with Crippen molar-refractivity contribution in [1.29, 1.82) is 0 Å². The first-order valence-corrected chi connectivity index (χ1v) is 28.3. The predicted molar refractivity (Wildman–Crippen MR) is 280 cm³/mol. The molecule has 6 fully saturated rings. The largest absolute Gasteiger partial charge is 0.477 e. The summed E-state index contributed by atoms with van der Waals surface area (Å²) in [5, 5.41) is 227. The lowest BCUT2D eigenvalue weighted by atomic mass is 9.88. The van der Waals surface area contributed by atoms with Gasteiger partial charge in [-0.05, 0) is 0 Å². The zero-order valence-electron chi connectivity index (χ0n) is 48.9. The highest BCUT2D eigenvalue weighted by Gasteiger charge is 2.63. The minimum atomic E-state index is -3.24. The second kappa shape index (κ2) is 31.9. The molecule has 524 valence electrons. The number of aliphatic carboxylic acids is 2. The number of rotatable bonds is 26. The number of carboxylic acid groups (broad SMARTS) is 2. The van der Waals surface area contributed by atoms with Crippen molar-refractivity contribution in [3.05, 3.63) is 0 Å². The number of carbonyl (C=O) groups excluding carboxylic acids is 4. The Hall–Kier alpha value is -4.34. The van der Waals surface area contributed by atoms with Crippen LogP contribution in [-0.4, -0.2) is 373 Å². The third-order valence-electron chi connectivity index (χ3n) is 16.0. The highest BCUT2D eigenvalue weighted by atomic mass is 16.8. The van der Waals surface area contributed by atoms with E-state index in [0.717, 1.165) is 27.7 Å². The smallest absolute Gasteiger partial charge is 0.364 e. The van der Waals surface area contributed by atoms with E-state index in [1.807, 2.05) is 0 Å². The number of carbonyl (C=O) groups is 6. The molecule has 6 aliphatic heterocycles. The lowest BCUT2D eigenvalue weighted by molar-refractivity contribution is -0.385. The van der Waals surface area contributed by atoms with Gasteiger partial charge in [0.05, 0.1) is 63.9 Å². The predicted octanol–water partition coefficient (Wildman–Crippen LogP) is -15.1. The molecule has 6 saturated heterocycles. The number of ether oxygens (including phenoxy) is 11. The SMILES string of the molecule is CC(=O)N[C@@H]1[C@@H](O[C@@H]2O[C@H](CO)[C@H](O)[C@H](O[C@]3(C(=O)O)C[C@H](O)[C@@H](NC(C)=O)[C@H]([C@H](O)[C@H](O)CO)O3)[C@H]2O)[C@@H](O)[C@@H](CO[C@@H]2O[C@H](CO)[C@@H](O[C@@H]3O[C@H](CO)[C@H](O)[C@H](O[C@]4(C(=O)O)C[C@H](O)[C@@H](NC(C)=O)[C@H]([C@H](O)[C@H](O)CO)O4)[C@H]3O)[C@H](O)[C@H]2NC(C)=O)O[C@@H]1O. The van der Waals surface area contributed by atoms with Gasteiger partial charge in [0.2, 0.25) is 23.6 Å². The molecular weight excluding hydrogens is 1250 g/mol. The molecule has 32 atom stereocenters. The van der Waals surface area contributed by atoms with E-state index >= 15 is 0 Å². The van der Waals surface area contributed by atoms with Crippen molar-refractivity contribution in [2.75, 3.05) is 39.6 Å². The Balaban J connectivity index is 1.23. The van der Waals surface area contributed by atoms with Gasteiger partial charge >= 0.3 is 11.9 Å². The molecule has 0 aliphatic carbocycles. The van der Waals surface area contributed by atoms with Crippen LogP contribution < -0.4 is 21.3 Å². The fraction of sp³-hybridized carbons (Fsp3) is 0.880. The average Bonchev–Trinajstić information content (AvgIpc) is 0.778. The van der Waals surface area contributed by atoms with E-state index in [1.165, 1.54) is 0 Å². The van der Waals surface area contributed by atoms with Gasteiger partial charge in [-0.3, -0.25) is 19.2 Å². The van der Waals surface area contributed by atoms with Gasteiger partial charge in [-0.1, -0.05) is 0 Å². The van der Waals surface area contributed by atoms with Gasteiger partial charge in [0, 0.05) is 40.5 Å². The molecule has 0 aromatic carbocycles. The molecule has 0 saturated carbocycles. The Kier molecular flexibility index (Phi) is 26.6. The summed E-state index contributed by atoms with van der Waals surface area (Å²) in [4.78, 5) is 75.5. The van der Waals surface area contributed by atoms with Gasteiger partial charge in [0.1, 0.15) is 134 Å². The van der Waals surface area contributed by atoms with E-state index in [-0.39, 0.29) is 0 Å². The molecule has 0 aromatic heterocycles. The third kappa shape index (κ3) is 16.8. The molecule has 41 nitrogen and oxygen atoms in total. The van der Waals surface area contributed by atoms with Crippen LogP contribution in [-0.2, 0) is 80.9 Å². The summed E-state index contributed by atoms with van der Waals surface area (Å²) in [5.74, 6) is -14.2. The minimum Gasteiger partial charge on any atom is -0.477 e. The lowest BCUT2D eigenvalue weighted by Crippen LogP contribution is -2.71. The molecule has 4 amide bonds. The highest BCUT2D eigenvalue weighted by Crippen LogP contribution is 2.41. The summed E-state index contributed by atoms with van der Waals surface area (Å²) in [6.45, 7) is -2.91. The van der Waals surface area contributed by atoms with Crippen molar-refractivity contribution in [3.8, 4) is 0 Å². The van der Waals surface area contributed by atoms with Crippen LogP contribution in [0.4, 0.5) is 0 Å². The number of carboxylic acids is 2. The summed E-state index contributed by atoms with van der Waals surface area (Å²) < 4.78 is 63.0. The normalized spacial score (nSPS) is 43.5. The second-order valence-corrected chi connectivity index (χ2v) is 22.6. The van der Waals surface area contributed by atoms with Crippen LogP contribution in [0.5, 0.6) is 0 Å². The van der Waals surface area contributed by atoms with Crippen molar-refractivity contribution in [1.82, 2.24) is 21.3 Å². The molecule has 0 spiro atoms. The van der Waals surface area contributed by atoms with Gasteiger partial charge in [0.15, 0.2) is 25.2 Å². The Morgan fingerprint density at radius 1 is 0.451 bits per heavy atom. The molecule has 41 heteroatoms. The average molecular weight is 1330 g/mol. The number of aliphatic hydroxyl groups excluding tert-OH is 18. The van der Waals surface area contributed by atoms with Crippen LogP contribution in [0.3, 0.4) is 0 Å². The topological polar surface area (TPSA) is 657 Å². The monoisotopic (exact) mass is 1330 g/mol. The summed E-state index contributed by atoms with van der Waals surface area (Å²) >= 11 is 0. The third-order valence-corrected chi connectivity index (χ3v) is 16.0. The Morgan fingerprint density at radius 2 is 0.813 bits per heavy atom. The maximum absolute atomic E-state index is 13.1. The van der Waals surface area contributed by atoms with Crippen LogP contribution in [0.2, 0.25) is 0 Å². The van der Waals surface area contributed by atoms with Gasteiger partial charge in [-0.25, -0.2) is 9.59 Å². The highest BCUT2D eigenvalue weighted by molar-refractivity contribution is 5.78. The number of nitrogens with one attached hydrogen (secondary N) is 4. The minimum absolute atomic E-state index is 0.840. The van der Waals surface area contributed by atoms with E-state index in [0.29, 0.717) is 0 Å². The van der Waals surface area contributed by atoms with Crippen LogP contribution in [0, 0.1) is 0 Å². The fourth-order valence-electron chi connectivity index (χ4n) is 11.4. The fourth-order valence-corrected chi connectivity index (χ4v) is 11.4. The van der Waals surface area contributed by atoms with E-state index in [4.69, 9.17) is 52.1 Å². The first kappa shape index (κ1) is 75.7. The number of aliphatic hydroxyl groups is 18. The Bertz CT molecular complexity index is 2450. The van der Waals surface area contributed by atoms with E-state index < -0.39 is 283 Å². The van der Waals surface area contributed by atoms with Gasteiger partial charge in [-0.15, -0.1) is 0 Å². The van der Waals surface area contributed by atoms with Crippen molar-refractivity contribution in [3.63, 3.8) is 0 Å². The van der Waals surface area contributed by atoms with Crippen molar-refractivity contribution in [2.24, 2.45) is 0 Å². The van der Waals surface area contributed by atoms with Crippen molar-refractivity contribution in [2.45, 2.75) is 236 Å². The quantitative estimate of drug-likeness (QED) is 0.0382. The van der Waals surface area contributed by atoms with Crippen LogP contribution in [0.25, 0.3) is 0 Å². The van der Waals surface area contributed by atoms with E-state index in [1.54, 1.807) is 0 Å². The molecule has 91 heavy (non-hydrogen) atoms. The summed E-state index contributed by atoms with van der Waals surface area (Å²) in [6.07, 6.45) is -58.0. The van der Waals surface area contributed by atoms with E-state index in [9.17, 15) is 131 Å². The molecule has 0 bridgehead atoms. The summed E-state index contributed by atoms with van der Waals surface area (Å²) in [7, 11) is 0. The molecule has 6 rings (SSSR count). The molecule has 0 unspecified atom stereocenters. The van der Waals surface area contributed by atoms with Crippen LogP contribution >= 0.6 is 0 Å². The standard InChI is InChI=1S/C50H82N4O37/c1-13(60)51-25-17(64)5-49(47(77)78,88-39(25)29(68)19(66)7-55)90-41-31(70)21(9-57)83-45(35(41)74)86-37-23(11-59)85-44(27(34(37)73)53-15(3)62)81-12-24-33(72)38(28(43(76)82-24)54-16(4)63)87-46-36(75)42(32(71)22(10-58)84-46)91-50(48(79)80)6-18(65)26(52-14(2)61)40(89-50)30(69)20(67)8-56/h17-46,55-59,64-76H,5-12H2,1-4H3,(H,51,60)(H,52,61)(H,53,62)(H,54,63)(H,77,78)(H,79,80)/t17-,18-,19+,20+,21+,22+,23+,24+,25+,26+,27+,28+,29+,30+,31-,32-,33-,34+,35+,36+,37+,38+,39+,40+,41-,42-,43-,44+,45-,46-,49-,50-/m0/s1. The van der Waals surface area contributed by atoms with Crippen LogP contribution in [0.15, 0.2) is 0 Å². The number of amides is 4. The number of hydrogen-bond donors (Lipinski definition) is 24. The molecule has 0 radical (unpaired) electrons. The maximum Gasteiger partial charge on any atom is 0.364 e. The first-order valence-electron chi connectivity index (χ1n) is 28.3. The Labute approximate surface area is 514 Å². The first-order chi connectivity index (χ1) is 42.6. The summed E-state index contributed by atoms with van der Waals surface area (Å²) in [5.41, 5.74) is 0. The Morgan fingerprint density at radius 3 is 1.19 bits per heavy atom. The molecule has 24 N–H and O–H groups in total. The zero-order chi connectivity index (χ0) is 68.0. The van der Waals surface area contributed by atoms with Crippen molar-refractivity contribution < 1.29 is 183 Å². The second-order valence-electron chi connectivity index (χ2n) is 22.6. The molecule has 6 heterocycles. The van der Waals surface area contributed by atoms with Gasteiger partial charge < -0.3 is 176 Å². The summed E-state index contributed by atoms with van der Waals surface area (Å²) in [6, 6.07) is -7.07. The lowest BCUT2D eigenvalue weighted by Gasteiger charge is -2.51. The van der Waals surface area contributed by atoms with Gasteiger partial charge in [0.25, 0.3) is 11.6 Å². The van der Waals surface area contributed by atoms with Crippen LogP contribution in [0.1, 0.15) is 40.5 Å². The molecule has 0 aromatic rings. The maximum atomic E-state index is 13.1. The van der Waals surface area contributed by atoms with E-state index in [2.05, 4.69) is 21.3 Å². The van der Waals surface area contributed by atoms with Gasteiger partial charge in [-0.2, -0.15) is 0 Å². The molecular formula is C50H82N4O37. The zero-order valence-corrected chi connectivity index (χ0v) is 48.9. The molecule has 6 aliphatic rings. The van der Waals surface area contributed by atoms with Crippen molar-refractivity contribution >= 4 is 35.6 Å². The number of hydrogen-bond acceptors (Lipinski definition) is 35.